The van der Waals surface area contributed by atoms with Crippen LogP contribution >= 0.6 is 11.8 Å². The molecule has 0 spiro atoms. The van der Waals surface area contributed by atoms with Gasteiger partial charge in [0, 0.05) is 31.6 Å². The molecular weight excluding hydrogens is 420 g/mol. The van der Waals surface area contributed by atoms with Crippen molar-refractivity contribution in [2.45, 2.75) is 49.2 Å². The molecule has 32 heavy (non-hydrogen) atoms. The molecular formula is C25H32N4O2S. The summed E-state index contributed by atoms with van der Waals surface area (Å²) in [6.07, 6.45) is 1.75. The molecule has 170 valence electrons. The van der Waals surface area contributed by atoms with Crippen LogP contribution in [-0.2, 0) is 17.8 Å². The van der Waals surface area contributed by atoms with Gasteiger partial charge in [0.1, 0.15) is 16.9 Å². The Hall–Kier alpha value is -2.11. The summed E-state index contributed by atoms with van der Waals surface area (Å²) in [6.45, 7) is 8.49. The maximum Gasteiger partial charge on any atom is 0.135 e. The Morgan fingerprint density at radius 3 is 2.69 bits per heavy atom. The standard InChI is InChI=1S/C25H32N4O2S/c1-25(2)14-19-20(15-26)24(32-22(16-30)18-8-5-4-6-9-18)27-23(21(19)17-31-25)29-11-7-10-28(3)12-13-29/h4-6,8-9,22,30H,7,10-14,16-17H2,1-3H3. The van der Waals surface area contributed by atoms with E-state index in [4.69, 9.17) is 9.72 Å². The van der Waals surface area contributed by atoms with Crippen LogP contribution in [-0.4, -0.2) is 60.4 Å². The Labute approximate surface area is 195 Å². The van der Waals surface area contributed by atoms with Gasteiger partial charge in [-0.05, 0) is 45.0 Å². The highest BCUT2D eigenvalue weighted by Crippen LogP contribution is 2.42. The molecule has 1 unspecified atom stereocenters. The van der Waals surface area contributed by atoms with E-state index in [2.05, 4.69) is 36.8 Å². The first-order valence-electron chi connectivity index (χ1n) is 11.3. The van der Waals surface area contributed by atoms with Crippen LogP contribution in [0.5, 0.6) is 0 Å². The number of ether oxygens (including phenoxy) is 1. The van der Waals surface area contributed by atoms with Crippen LogP contribution in [0, 0.1) is 11.3 Å². The summed E-state index contributed by atoms with van der Waals surface area (Å²) in [6, 6.07) is 12.4. The number of benzene rings is 1. The molecule has 4 rings (SSSR count). The minimum Gasteiger partial charge on any atom is -0.395 e. The number of anilines is 1. The summed E-state index contributed by atoms with van der Waals surface area (Å²) in [4.78, 5) is 9.77. The number of aliphatic hydroxyl groups is 1. The van der Waals surface area contributed by atoms with E-state index < -0.39 is 0 Å². The van der Waals surface area contributed by atoms with Crippen LogP contribution in [0.15, 0.2) is 35.4 Å². The normalized spacial score (nSPS) is 19.7. The van der Waals surface area contributed by atoms with Crippen molar-refractivity contribution in [1.29, 1.82) is 5.26 Å². The third-order valence-corrected chi connectivity index (χ3v) is 7.51. The highest BCUT2D eigenvalue weighted by molar-refractivity contribution is 7.99. The summed E-state index contributed by atoms with van der Waals surface area (Å²) in [5.41, 5.74) is 3.44. The number of aromatic nitrogens is 1. The van der Waals surface area contributed by atoms with E-state index in [1.807, 2.05) is 30.3 Å². The van der Waals surface area contributed by atoms with E-state index in [0.29, 0.717) is 23.6 Å². The highest BCUT2D eigenvalue weighted by atomic mass is 32.2. The number of pyridine rings is 1. The number of hydrogen-bond acceptors (Lipinski definition) is 7. The first-order chi connectivity index (χ1) is 15.4. The molecule has 1 fully saturated rings. The second kappa shape index (κ2) is 9.80. The maximum absolute atomic E-state index is 10.2. The molecule has 6 nitrogen and oxygen atoms in total. The van der Waals surface area contributed by atoms with Crippen LogP contribution < -0.4 is 4.90 Å². The average Bonchev–Trinajstić information content (AvgIpc) is 3.01. The summed E-state index contributed by atoms with van der Waals surface area (Å²) >= 11 is 1.49. The van der Waals surface area contributed by atoms with Crippen molar-refractivity contribution in [1.82, 2.24) is 9.88 Å². The quantitative estimate of drug-likeness (QED) is 0.692. The molecule has 2 aliphatic rings. The van der Waals surface area contributed by atoms with Gasteiger partial charge in [0.15, 0.2) is 0 Å². The zero-order valence-electron chi connectivity index (χ0n) is 19.2. The van der Waals surface area contributed by atoms with Gasteiger partial charge >= 0.3 is 0 Å². The number of aliphatic hydroxyl groups excluding tert-OH is 1. The van der Waals surface area contributed by atoms with Crippen molar-refractivity contribution < 1.29 is 9.84 Å². The van der Waals surface area contributed by atoms with Crippen molar-refractivity contribution in [2.24, 2.45) is 0 Å². The maximum atomic E-state index is 10.2. The number of likely N-dealkylation sites (N-methyl/N-ethyl adjacent to an activating group) is 1. The Balaban J connectivity index is 1.79. The number of nitrogens with zero attached hydrogens (tertiary/aromatic N) is 4. The lowest BCUT2D eigenvalue weighted by molar-refractivity contribution is -0.0402. The molecule has 0 saturated carbocycles. The number of thioether (sulfide) groups is 1. The van der Waals surface area contributed by atoms with Gasteiger partial charge in [0.05, 0.1) is 29.6 Å². The third kappa shape index (κ3) is 4.94. The van der Waals surface area contributed by atoms with Crippen molar-refractivity contribution in [3.05, 3.63) is 52.6 Å². The van der Waals surface area contributed by atoms with Gasteiger partial charge in [0.25, 0.3) is 0 Å². The largest absolute Gasteiger partial charge is 0.395 e. The zero-order valence-corrected chi connectivity index (χ0v) is 20.0. The topological polar surface area (TPSA) is 72.6 Å². The molecule has 0 radical (unpaired) electrons. The van der Waals surface area contributed by atoms with E-state index in [0.717, 1.165) is 55.1 Å². The van der Waals surface area contributed by atoms with E-state index in [9.17, 15) is 10.4 Å². The van der Waals surface area contributed by atoms with E-state index in [-0.39, 0.29) is 17.5 Å². The lowest BCUT2D eigenvalue weighted by Crippen LogP contribution is -2.36. The zero-order chi connectivity index (χ0) is 22.7. The van der Waals surface area contributed by atoms with Crippen molar-refractivity contribution in [3.8, 4) is 6.07 Å². The molecule has 3 heterocycles. The average molecular weight is 453 g/mol. The Kier molecular flexibility index (Phi) is 7.06. The minimum absolute atomic E-state index is 0.0171. The van der Waals surface area contributed by atoms with Gasteiger partial charge in [-0.15, -0.1) is 0 Å². The first kappa shape index (κ1) is 23.1. The lowest BCUT2D eigenvalue weighted by atomic mass is 9.89. The van der Waals surface area contributed by atoms with E-state index in [1.165, 1.54) is 11.8 Å². The van der Waals surface area contributed by atoms with Gasteiger partial charge in [-0.2, -0.15) is 5.26 Å². The molecule has 2 aromatic rings. The van der Waals surface area contributed by atoms with E-state index >= 15 is 0 Å². The number of hydrogen-bond donors (Lipinski definition) is 1. The van der Waals surface area contributed by atoms with Crippen LogP contribution in [0.4, 0.5) is 5.82 Å². The van der Waals surface area contributed by atoms with Crippen LogP contribution in [0.3, 0.4) is 0 Å². The minimum atomic E-state index is -0.325. The second-order valence-corrected chi connectivity index (χ2v) is 10.4. The number of nitriles is 1. The Morgan fingerprint density at radius 2 is 1.97 bits per heavy atom. The summed E-state index contributed by atoms with van der Waals surface area (Å²) in [5.74, 6) is 0.942. The Morgan fingerprint density at radius 1 is 1.19 bits per heavy atom. The fraction of sp³-hybridized carbons (Fsp3) is 0.520. The molecule has 0 bridgehead atoms. The fourth-order valence-electron chi connectivity index (χ4n) is 4.46. The van der Waals surface area contributed by atoms with Gasteiger partial charge in [-0.1, -0.05) is 42.1 Å². The molecule has 0 aliphatic carbocycles. The SMILES string of the molecule is CN1CCCN(c2nc(SC(CO)c3ccccc3)c(C#N)c3c2COC(C)(C)C3)CC1. The van der Waals surface area contributed by atoms with Gasteiger partial charge in [0.2, 0.25) is 0 Å². The van der Waals surface area contributed by atoms with Crippen molar-refractivity contribution >= 4 is 17.6 Å². The van der Waals surface area contributed by atoms with Crippen LogP contribution in [0.25, 0.3) is 0 Å². The number of rotatable bonds is 5. The first-order valence-corrected chi connectivity index (χ1v) is 12.2. The molecule has 1 N–H and O–H groups in total. The van der Waals surface area contributed by atoms with Gasteiger partial charge in [-0.25, -0.2) is 4.98 Å². The lowest BCUT2D eigenvalue weighted by Gasteiger charge is -2.36. The third-order valence-electron chi connectivity index (χ3n) is 6.29. The molecule has 1 atom stereocenters. The predicted molar refractivity (Wildman–Crippen MR) is 128 cm³/mol. The van der Waals surface area contributed by atoms with Crippen LogP contribution in [0.1, 0.15) is 47.8 Å². The summed E-state index contributed by atoms with van der Waals surface area (Å²) < 4.78 is 6.15. The van der Waals surface area contributed by atoms with Crippen molar-refractivity contribution in [2.75, 3.05) is 44.7 Å². The number of fused-ring (bicyclic) bond motifs is 1. The molecule has 2 aliphatic heterocycles. The predicted octanol–water partition coefficient (Wildman–Crippen LogP) is 3.77. The summed E-state index contributed by atoms with van der Waals surface area (Å²) in [7, 11) is 2.16. The second-order valence-electron chi connectivity index (χ2n) is 9.25. The van der Waals surface area contributed by atoms with Gasteiger partial charge in [-0.3, -0.25) is 0 Å². The molecule has 7 heteroatoms. The Bertz CT molecular complexity index is 990. The van der Waals surface area contributed by atoms with Crippen LogP contribution in [0.2, 0.25) is 0 Å². The smallest absolute Gasteiger partial charge is 0.135 e. The fourth-order valence-corrected chi connectivity index (χ4v) is 5.52. The van der Waals surface area contributed by atoms with Gasteiger partial charge < -0.3 is 19.6 Å². The monoisotopic (exact) mass is 452 g/mol. The molecule has 1 aromatic heterocycles. The highest BCUT2D eigenvalue weighted by Gasteiger charge is 2.34. The molecule has 0 amide bonds. The van der Waals surface area contributed by atoms with E-state index in [1.54, 1.807) is 0 Å². The summed E-state index contributed by atoms with van der Waals surface area (Å²) in [5, 5.41) is 20.8. The molecule has 1 aromatic carbocycles. The molecule has 1 saturated heterocycles. The van der Waals surface area contributed by atoms with Crippen molar-refractivity contribution in [3.63, 3.8) is 0 Å².